The number of aliphatic hydroxyl groups excluding tert-OH is 2. The molecule has 0 amide bonds. The second kappa shape index (κ2) is 6.95. The molecule has 4 heteroatoms. The van der Waals surface area contributed by atoms with Gasteiger partial charge in [-0.05, 0) is 6.42 Å². The van der Waals surface area contributed by atoms with Gasteiger partial charge in [-0.2, -0.15) is 0 Å². The SMILES string of the molecule is NCC(CO)OCCCO. The van der Waals surface area contributed by atoms with Crippen molar-refractivity contribution in [3.8, 4) is 0 Å². The van der Waals surface area contributed by atoms with E-state index in [1.165, 1.54) is 0 Å². The van der Waals surface area contributed by atoms with Crippen LogP contribution in [0.2, 0.25) is 0 Å². The van der Waals surface area contributed by atoms with E-state index in [0.29, 0.717) is 19.6 Å². The molecule has 0 heterocycles. The second-order valence-corrected chi connectivity index (χ2v) is 1.99. The Labute approximate surface area is 60.6 Å². The predicted molar refractivity (Wildman–Crippen MR) is 37.6 cm³/mol. The van der Waals surface area contributed by atoms with E-state index in [1.807, 2.05) is 0 Å². The van der Waals surface area contributed by atoms with E-state index >= 15 is 0 Å². The van der Waals surface area contributed by atoms with E-state index in [9.17, 15) is 0 Å². The Morgan fingerprint density at radius 3 is 2.50 bits per heavy atom. The summed E-state index contributed by atoms with van der Waals surface area (Å²) in [5, 5.41) is 16.9. The van der Waals surface area contributed by atoms with Gasteiger partial charge in [0, 0.05) is 19.8 Å². The van der Waals surface area contributed by atoms with Crippen molar-refractivity contribution < 1.29 is 14.9 Å². The zero-order valence-electron chi connectivity index (χ0n) is 5.99. The monoisotopic (exact) mass is 149 g/mol. The van der Waals surface area contributed by atoms with E-state index in [-0.39, 0.29) is 19.3 Å². The summed E-state index contributed by atoms with van der Waals surface area (Å²) in [5.74, 6) is 0. The van der Waals surface area contributed by atoms with Gasteiger partial charge in [-0.1, -0.05) is 0 Å². The second-order valence-electron chi connectivity index (χ2n) is 1.99. The molecule has 0 saturated heterocycles. The van der Waals surface area contributed by atoms with Gasteiger partial charge < -0.3 is 20.7 Å². The lowest BCUT2D eigenvalue weighted by molar-refractivity contribution is 0.0129. The molecule has 0 aromatic heterocycles. The van der Waals surface area contributed by atoms with Crippen LogP contribution >= 0.6 is 0 Å². The van der Waals surface area contributed by atoms with Crippen molar-refractivity contribution in [3.05, 3.63) is 0 Å². The Hall–Kier alpha value is -0.160. The molecular formula is C6H15NO3. The smallest absolute Gasteiger partial charge is 0.0927 e. The summed E-state index contributed by atoms with van der Waals surface area (Å²) >= 11 is 0. The first-order valence-electron chi connectivity index (χ1n) is 3.38. The Bertz CT molecular complexity index is 66.0. The fraction of sp³-hybridized carbons (Fsp3) is 1.00. The van der Waals surface area contributed by atoms with E-state index < -0.39 is 0 Å². The van der Waals surface area contributed by atoms with Crippen LogP contribution in [-0.2, 0) is 4.74 Å². The van der Waals surface area contributed by atoms with E-state index in [1.54, 1.807) is 0 Å². The van der Waals surface area contributed by atoms with Gasteiger partial charge in [0.15, 0.2) is 0 Å². The Kier molecular flexibility index (Phi) is 6.84. The molecule has 0 radical (unpaired) electrons. The van der Waals surface area contributed by atoms with Gasteiger partial charge in [-0.3, -0.25) is 0 Å². The number of hydrogen-bond acceptors (Lipinski definition) is 4. The van der Waals surface area contributed by atoms with Crippen molar-refractivity contribution in [3.63, 3.8) is 0 Å². The van der Waals surface area contributed by atoms with Crippen molar-refractivity contribution in [1.82, 2.24) is 0 Å². The topological polar surface area (TPSA) is 75.7 Å². The number of nitrogens with two attached hydrogens (primary N) is 1. The van der Waals surface area contributed by atoms with Crippen LogP contribution in [0.1, 0.15) is 6.42 Å². The number of aliphatic hydroxyl groups is 2. The molecule has 4 N–H and O–H groups in total. The third-order valence-electron chi connectivity index (χ3n) is 1.12. The lowest BCUT2D eigenvalue weighted by Gasteiger charge is -2.11. The highest BCUT2D eigenvalue weighted by Crippen LogP contribution is 1.89. The third kappa shape index (κ3) is 4.69. The minimum absolute atomic E-state index is 0.0536. The fourth-order valence-corrected chi connectivity index (χ4v) is 0.510. The van der Waals surface area contributed by atoms with Gasteiger partial charge in [-0.15, -0.1) is 0 Å². The highest BCUT2D eigenvalue weighted by Gasteiger charge is 2.02. The standard InChI is InChI=1S/C6H15NO3/c7-4-6(5-9)10-3-1-2-8/h6,8-9H,1-5,7H2. The summed E-state index contributed by atoms with van der Waals surface area (Å²) in [4.78, 5) is 0. The molecule has 4 nitrogen and oxygen atoms in total. The highest BCUT2D eigenvalue weighted by atomic mass is 16.5. The lowest BCUT2D eigenvalue weighted by atomic mass is 10.4. The molecule has 0 fully saturated rings. The summed E-state index contributed by atoms with van der Waals surface area (Å²) in [6.07, 6.45) is 0.322. The third-order valence-corrected chi connectivity index (χ3v) is 1.12. The molecule has 62 valence electrons. The molecule has 0 spiro atoms. The molecule has 0 aromatic carbocycles. The summed E-state index contributed by atoms with van der Waals surface area (Å²) in [6.45, 7) is 0.839. The Morgan fingerprint density at radius 2 is 2.10 bits per heavy atom. The van der Waals surface area contributed by atoms with E-state index in [2.05, 4.69) is 0 Å². The summed E-state index contributed by atoms with van der Waals surface area (Å²) in [5.41, 5.74) is 5.22. The van der Waals surface area contributed by atoms with Crippen molar-refractivity contribution in [2.24, 2.45) is 5.73 Å². The average Bonchev–Trinajstić information content (AvgIpc) is 1.99. The van der Waals surface area contributed by atoms with Gasteiger partial charge in [0.2, 0.25) is 0 Å². The molecular weight excluding hydrogens is 134 g/mol. The molecule has 0 aliphatic heterocycles. The molecule has 10 heavy (non-hydrogen) atoms. The maximum absolute atomic E-state index is 8.56. The minimum atomic E-state index is -0.272. The molecule has 0 rings (SSSR count). The van der Waals surface area contributed by atoms with Crippen molar-refractivity contribution >= 4 is 0 Å². The molecule has 1 atom stereocenters. The summed E-state index contributed by atoms with van der Waals surface area (Å²) in [6, 6.07) is 0. The first-order valence-corrected chi connectivity index (χ1v) is 3.38. The van der Waals surface area contributed by atoms with Crippen LogP contribution in [0, 0.1) is 0 Å². The summed E-state index contributed by atoms with van der Waals surface area (Å²) < 4.78 is 5.05. The van der Waals surface area contributed by atoms with Crippen molar-refractivity contribution in [1.29, 1.82) is 0 Å². The fourth-order valence-electron chi connectivity index (χ4n) is 0.510. The van der Waals surface area contributed by atoms with Crippen molar-refractivity contribution in [2.45, 2.75) is 12.5 Å². The number of hydrogen-bond donors (Lipinski definition) is 3. The van der Waals surface area contributed by atoms with Crippen LogP contribution in [-0.4, -0.2) is 42.7 Å². The molecule has 1 unspecified atom stereocenters. The number of ether oxygens (including phenoxy) is 1. The zero-order chi connectivity index (χ0) is 7.82. The lowest BCUT2D eigenvalue weighted by Crippen LogP contribution is -2.27. The van der Waals surface area contributed by atoms with Gasteiger partial charge in [0.05, 0.1) is 12.7 Å². The molecule has 0 saturated carbocycles. The molecule has 0 bridgehead atoms. The van der Waals surface area contributed by atoms with Gasteiger partial charge >= 0.3 is 0 Å². The van der Waals surface area contributed by atoms with Crippen LogP contribution in [0.3, 0.4) is 0 Å². The zero-order valence-corrected chi connectivity index (χ0v) is 5.99. The van der Waals surface area contributed by atoms with Crippen molar-refractivity contribution in [2.75, 3.05) is 26.4 Å². The number of rotatable bonds is 6. The molecule has 0 aliphatic carbocycles. The first-order chi connectivity index (χ1) is 4.85. The van der Waals surface area contributed by atoms with Gasteiger partial charge in [0.1, 0.15) is 0 Å². The largest absolute Gasteiger partial charge is 0.396 e. The molecule has 0 aliphatic rings. The summed E-state index contributed by atoms with van der Waals surface area (Å²) in [7, 11) is 0. The average molecular weight is 149 g/mol. The predicted octanol–water partition coefficient (Wildman–Crippen LogP) is -1.30. The first kappa shape index (κ1) is 9.84. The normalized spacial score (nSPS) is 13.5. The highest BCUT2D eigenvalue weighted by molar-refractivity contribution is 4.54. The van der Waals surface area contributed by atoms with Crippen LogP contribution in [0.4, 0.5) is 0 Å². The van der Waals surface area contributed by atoms with E-state index in [0.717, 1.165) is 0 Å². The Balaban J connectivity index is 3.09. The maximum Gasteiger partial charge on any atom is 0.0927 e. The van der Waals surface area contributed by atoms with E-state index in [4.69, 9.17) is 20.7 Å². The maximum atomic E-state index is 8.56. The van der Waals surface area contributed by atoms with Gasteiger partial charge in [0.25, 0.3) is 0 Å². The molecule has 0 aromatic rings. The van der Waals surface area contributed by atoms with Crippen LogP contribution in [0.5, 0.6) is 0 Å². The van der Waals surface area contributed by atoms with Crippen LogP contribution in [0.25, 0.3) is 0 Å². The van der Waals surface area contributed by atoms with Crippen LogP contribution in [0.15, 0.2) is 0 Å². The quantitative estimate of drug-likeness (QED) is 0.410. The van der Waals surface area contributed by atoms with Gasteiger partial charge in [-0.25, -0.2) is 0 Å². The van der Waals surface area contributed by atoms with Crippen LogP contribution < -0.4 is 5.73 Å². The Morgan fingerprint density at radius 1 is 1.40 bits per heavy atom. The minimum Gasteiger partial charge on any atom is -0.396 e.